The van der Waals surface area contributed by atoms with Crippen LogP contribution in [-0.4, -0.2) is 28.3 Å². The molecule has 3 nitrogen and oxygen atoms in total. The van der Waals surface area contributed by atoms with E-state index >= 15 is 0 Å². The third-order valence-corrected chi connectivity index (χ3v) is 2.38. The summed E-state index contributed by atoms with van der Waals surface area (Å²) in [4.78, 5) is -0.812. The molecule has 0 fully saturated rings. The predicted octanol–water partition coefficient (Wildman–Crippen LogP) is 2.96. The first kappa shape index (κ1) is 12.9. The summed E-state index contributed by atoms with van der Waals surface area (Å²) in [6.07, 6.45) is 7.07. The number of hydroxylamine groups is 4. The third-order valence-electron chi connectivity index (χ3n) is 2.38. The quantitative estimate of drug-likeness (QED) is 0.351. The first-order chi connectivity index (χ1) is 6.12. The van der Waals surface area contributed by atoms with Gasteiger partial charge in [0.15, 0.2) is 0 Å². The van der Waals surface area contributed by atoms with Crippen molar-refractivity contribution in [1.82, 2.24) is 0 Å². The van der Waals surface area contributed by atoms with Crippen LogP contribution in [-0.2, 0) is 0 Å². The van der Waals surface area contributed by atoms with Crippen molar-refractivity contribution in [3.63, 3.8) is 0 Å². The molecule has 0 bridgehead atoms. The second-order valence-corrected chi connectivity index (χ2v) is 3.69. The van der Waals surface area contributed by atoms with Gasteiger partial charge in [-0.15, -0.1) is 0 Å². The standard InChI is InChI=1S/C10H24NO2/c1-3-5-6-7-8-9-10-11(12,13)4-2/h12-13H,3-10H2,1-2H3/q+1. The van der Waals surface area contributed by atoms with Crippen LogP contribution in [0.3, 0.4) is 0 Å². The summed E-state index contributed by atoms with van der Waals surface area (Å²) in [5.41, 5.74) is 0. The zero-order valence-electron chi connectivity index (χ0n) is 9.00. The minimum absolute atomic E-state index is 0.370. The molecule has 0 aromatic carbocycles. The molecule has 0 aliphatic heterocycles. The number of unbranched alkanes of at least 4 members (excludes halogenated alkanes) is 5. The van der Waals surface area contributed by atoms with Gasteiger partial charge in [-0.05, 0) is 18.2 Å². The molecule has 0 saturated carbocycles. The highest BCUT2D eigenvalue weighted by Gasteiger charge is 2.17. The molecule has 0 radical (unpaired) electrons. The topological polar surface area (TPSA) is 40.5 Å². The molecule has 0 rings (SSSR count). The Hall–Kier alpha value is -0.120. The van der Waals surface area contributed by atoms with Crippen LogP contribution in [0, 0.1) is 0 Å². The van der Waals surface area contributed by atoms with E-state index in [0.717, 1.165) is 12.8 Å². The third kappa shape index (κ3) is 8.22. The van der Waals surface area contributed by atoms with Gasteiger partial charge in [0.05, 0.1) is 0 Å². The zero-order valence-corrected chi connectivity index (χ0v) is 9.00. The van der Waals surface area contributed by atoms with E-state index in [1.165, 1.54) is 25.7 Å². The molecule has 0 aromatic heterocycles. The highest BCUT2D eigenvalue weighted by molar-refractivity contribution is 4.42. The average molecular weight is 190 g/mol. The van der Waals surface area contributed by atoms with E-state index in [1.807, 2.05) is 0 Å². The van der Waals surface area contributed by atoms with Gasteiger partial charge >= 0.3 is 0 Å². The maximum atomic E-state index is 9.22. The summed E-state index contributed by atoms with van der Waals surface area (Å²) >= 11 is 0. The van der Waals surface area contributed by atoms with E-state index in [9.17, 15) is 10.4 Å². The Bertz CT molecular complexity index is 115. The normalized spacial score (nSPS) is 12.0. The van der Waals surface area contributed by atoms with E-state index in [1.54, 1.807) is 6.92 Å². The second-order valence-electron chi connectivity index (χ2n) is 3.69. The van der Waals surface area contributed by atoms with Crippen molar-refractivity contribution in [1.29, 1.82) is 0 Å². The molecular weight excluding hydrogens is 166 g/mol. The van der Waals surface area contributed by atoms with Crippen LogP contribution in [0.4, 0.5) is 0 Å². The Balaban J connectivity index is 3.16. The van der Waals surface area contributed by atoms with Crippen molar-refractivity contribution in [2.75, 3.05) is 13.1 Å². The van der Waals surface area contributed by atoms with Crippen LogP contribution in [0.25, 0.3) is 0 Å². The molecule has 13 heavy (non-hydrogen) atoms. The smallest absolute Gasteiger partial charge is 0.142 e. The molecule has 2 N–H and O–H groups in total. The number of hydrogen-bond donors (Lipinski definition) is 2. The van der Waals surface area contributed by atoms with Crippen LogP contribution < -0.4 is 0 Å². The lowest BCUT2D eigenvalue weighted by Gasteiger charge is -2.18. The van der Waals surface area contributed by atoms with Gasteiger partial charge in [-0.3, -0.25) is 0 Å². The van der Waals surface area contributed by atoms with Gasteiger partial charge in [0, 0.05) is 6.42 Å². The Morgan fingerprint density at radius 1 is 0.846 bits per heavy atom. The van der Waals surface area contributed by atoms with E-state index in [0.29, 0.717) is 13.1 Å². The molecule has 0 atom stereocenters. The first-order valence-electron chi connectivity index (χ1n) is 5.45. The molecule has 80 valence electrons. The fraction of sp³-hybridized carbons (Fsp3) is 1.00. The lowest BCUT2D eigenvalue weighted by atomic mass is 10.1. The van der Waals surface area contributed by atoms with Crippen molar-refractivity contribution >= 4 is 0 Å². The van der Waals surface area contributed by atoms with Gasteiger partial charge in [0.1, 0.15) is 13.1 Å². The van der Waals surface area contributed by atoms with Crippen molar-refractivity contribution in [3.05, 3.63) is 0 Å². The van der Waals surface area contributed by atoms with Crippen LogP contribution in [0.1, 0.15) is 52.4 Å². The molecule has 0 amide bonds. The highest BCUT2D eigenvalue weighted by atomic mass is 16.8. The molecule has 0 aromatic rings. The Morgan fingerprint density at radius 3 is 1.92 bits per heavy atom. The van der Waals surface area contributed by atoms with Crippen molar-refractivity contribution in [2.45, 2.75) is 52.4 Å². The fourth-order valence-corrected chi connectivity index (χ4v) is 1.30. The Labute approximate surface area is 81.5 Å². The van der Waals surface area contributed by atoms with E-state index in [4.69, 9.17) is 0 Å². The largest absolute Gasteiger partial charge is 0.182 e. The minimum atomic E-state index is -0.812. The fourth-order valence-electron chi connectivity index (χ4n) is 1.30. The molecule has 0 saturated heterocycles. The van der Waals surface area contributed by atoms with E-state index in [-0.39, 0.29) is 0 Å². The SMILES string of the molecule is CCCCCCCC[N+](O)(O)CC. The molecule has 3 heteroatoms. The van der Waals surface area contributed by atoms with Crippen LogP contribution >= 0.6 is 0 Å². The number of rotatable bonds is 8. The van der Waals surface area contributed by atoms with Crippen molar-refractivity contribution < 1.29 is 15.2 Å². The molecule has 0 heterocycles. The van der Waals surface area contributed by atoms with Gasteiger partial charge in [-0.1, -0.05) is 32.6 Å². The average Bonchev–Trinajstić information content (AvgIpc) is 2.11. The van der Waals surface area contributed by atoms with Crippen LogP contribution in [0.2, 0.25) is 0 Å². The van der Waals surface area contributed by atoms with E-state index in [2.05, 4.69) is 6.92 Å². The van der Waals surface area contributed by atoms with Crippen molar-refractivity contribution in [3.8, 4) is 0 Å². The van der Waals surface area contributed by atoms with Crippen molar-refractivity contribution in [2.24, 2.45) is 0 Å². The van der Waals surface area contributed by atoms with E-state index < -0.39 is 4.81 Å². The monoisotopic (exact) mass is 190 g/mol. The number of nitrogens with zero attached hydrogens (tertiary/aromatic N) is 1. The number of hydrogen-bond acceptors (Lipinski definition) is 2. The zero-order chi connectivity index (χ0) is 10.2. The van der Waals surface area contributed by atoms with Gasteiger partial charge in [-0.25, -0.2) is 0 Å². The van der Waals surface area contributed by atoms with Crippen LogP contribution in [0.15, 0.2) is 0 Å². The summed E-state index contributed by atoms with van der Waals surface area (Å²) in [6, 6.07) is 0. The highest BCUT2D eigenvalue weighted by Crippen LogP contribution is 2.07. The maximum absolute atomic E-state index is 9.22. The number of quaternary nitrogens is 1. The van der Waals surface area contributed by atoms with Gasteiger partial charge in [-0.2, -0.15) is 10.4 Å². The summed E-state index contributed by atoms with van der Waals surface area (Å²) in [5.74, 6) is 0. The van der Waals surface area contributed by atoms with Crippen LogP contribution in [0.5, 0.6) is 0 Å². The summed E-state index contributed by atoms with van der Waals surface area (Å²) < 4.78 is 0. The minimum Gasteiger partial charge on any atom is -0.182 e. The molecular formula is C10H24NO2+. The van der Waals surface area contributed by atoms with Gasteiger partial charge in [0.2, 0.25) is 0 Å². The molecule has 0 aliphatic carbocycles. The Kier molecular flexibility index (Phi) is 7.23. The van der Waals surface area contributed by atoms with Gasteiger partial charge in [0.25, 0.3) is 0 Å². The summed E-state index contributed by atoms with van der Waals surface area (Å²) in [7, 11) is 0. The molecule has 0 spiro atoms. The maximum Gasteiger partial charge on any atom is 0.142 e. The Morgan fingerprint density at radius 2 is 1.38 bits per heavy atom. The lowest BCUT2D eigenvalue weighted by Crippen LogP contribution is -2.41. The van der Waals surface area contributed by atoms with Gasteiger partial charge < -0.3 is 0 Å². The molecule has 0 unspecified atom stereocenters. The first-order valence-corrected chi connectivity index (χ1v) is 5.45. The molecule has 0 aliphatic rings. The lowest BCUT2D eigenvalue weighted by molar-refractivity contribution is -1.24. The predicted molar refractivity (Wildman–Crippen MR) is 52.6 cm³/mol. The summed E-state index contributed by atoms with van der Waals surface area (Å²) in [6.45, 7) is 4.80. The second kappa shape index (κ2) is 7.30. The summed E-state index contributed by atoms with van der Waals surface area (Å²) in [5, 5.41) is 18.4.